The van der Waals surface area contributed by atoms with Gasteiger partial charge in [0.2, 0.25) is 0 Å². The van der Waals surface area contributed by atoms with Gasteiger partial charge < -0.3 is 5.73 Å². The number of nitrogens with two attached hydrogens (primary N) is 1. The zero-order valence-corrected chi connectivity index (χ0v) is 12.9. The first-order chi connectivity index (χ1) is 9.29. The van der Waals surface area contributed by atoms with Gasteiger partial charge in [-0.05, 0) is 64.8 Å². The standard InChI is InChI=1S/C13H12BrFN2O2S/c1-8-6-10(16)3-5-13(8)20(18,19)17-12-4-2-9(15)7-11(12)14/h2-7,17H,16H2,1H3. The Balaban J connectivity index is 2.41. The van der Waals surface area contributed by atoms with Gasteiger partial charge in [0.05, 0.1) is 10.6 Å². The van der Waals surface area contributed by atoms with E-state index in [1.165, 1.54) is 30.3 Å². The van der Waals surface area contributed by atoms with Gasteiger partial charge in [0.1, 0.15) is 5.82 Å². The molecule has 0 aromatic heterocycles. The fourth-order valence-corrected chi connectivity index (χ4v) is 3.63. The molecule has 0 aliphatic rings. The van der Waals surface area contributed by atoms with Crippen molar-refractivity contribution in [1.82, 2.24) is 0 Å². The number of rotatable bonds is 3. The van der Waals surface area contributed by atoms with Crippen molar-refractivity contribution in [3.63, 3.8) is 0 Å². The third-order valence-electron chi connectivity index (χ3n) is 2.66. The molecule has 0 fully saturated rings. The molecule has 0 atom stereocenters. The molecule has 2 aromatic carbocycles. The topological polar surface area (TPSA) is 72.2 Å². The van der Waals surface area contributed by atoms with E-state index in [1.54, 1.807) is 13.0 Å². The summed E-state index contributed by atoms with van der Waals surface area (Å²) in [5, 5.41) is 0. The van der Waals surface area contributed by atoms with Crippen LogP contribution < -0.4 is 10.5 Å². The zero-order chi connectivity index (χ0) is 14.9. The fourth-order valence-electron chi connectivity index (χ4n) is 1.75. The van der Waals surface area contributed by atoms with Gasteiger partial charge in [0.15, 0.2) is 0 Å². The van der Waals surface area contributed by atoms with Crippen molar-refractivity contribution in [3.8, 4) is 0 Å². The lowest BCUT2D eigenvalue weighted by Gasteiger charge is -2.12. The Hall–Kier alpha value is -1.60. The summed E-state index contributed by atoms with van der Waals surface area (Å²) >= 11 is 3.12. The van der Waals surface area contributed by atoms with Crippen LogP contribution in [0.5, 0.6) is 0 Å². The van der Waals surface area contributed by atoms with Crippen molar-refractivity contribution in [2.75, 3.05) is 10.5 Å². The average molecular weight is 359 g/mol. The number of sulfonamides is 1. The number of hydrogen-bond acceptors (Lipinski definition) is 3. The lowest BCUT2D eigenvalue weighted by molar-refractivity contribution is 0.600. The Labute approximate surface area is 125 Å². The maximum atomic E-state index is 13.0. The van der Waals surface area contributed by atoms with E-state index in [0.29, 0.717) is 15.7 Å². The van der Waals surface area contributed by atoms with Crippen molar-refractivity contribution < 1.29 is 12.8 Å². The summed E-state index contributed by atoms with van der Waals surface area (Å²) in [5.74, 6) is -0.455. The van der Waals surface area contributed by atoms with E-state index in [-0.39, 0.29) is 10.6 Å². The Morgan fingerprint density at radius 2 is 1.90 bits per heavy atom. The number of hydrogen-bond donors (Lipinski definition) is 2. The van der Waals surface area contributed by atoms with Crippen LogP contribution in [-0.4, -0.2) is 8.42 Å². The van der Waals surface area contributed by atoms with Crippen molar-refractivity contribution >= 4 is 37.3 Å². The van der Waals surface area contributed by atoms with E-state index < -0.39 is 15.8 Å². The number of anilines is 2. The zero-order valence-electron chi connectivity index (χ0n) is 10.5. The second kappa shape index (κ2) is 5.41. The van der Waals surface area contributed by atoms with Gasteiger partial charge in [0.25, 0.3) is 10.0 Å². The monoisotopic (exact) mass is 358 g/mol. The third-order valence-corrected chi connectivity index (χ3v) is 4.85. The molecule has 0 aliphatic carbocycles. The molecule has 20 heavy (non-hydrogen) atoms. The van der Waals surface area contributed by atoms with Gasteiger partial charge in [-0.15, -0.1) is 0 Å². The van der Waals surface area contributed by atoms with E-state index in [1.807, 2.05) is 0 Å². The van der Waals surface area contributed by atoms with Crippen molar-refractivity contribution in [1.29, 1.82) is 0 Å². The predicted octanol–water partition coefficient (Wildman–Crippen LogP) is 3.28. The Morgan fingerprint density at radius 3 is 2.50 bits per heavy atom. The Bertz CT molecular complexity index is 763. The minimum absolute atomic E-state index is 0.128. The molecule has 7 heteroatoms. The van der Waals surface area contributed by atoms with Crippen LogP contribution in [0.25, 0.3) is 0 Å². The largest absolute Gasteiger partial charge is 0.399 e. The molecule has 2 aromatic rings. The normalized spacial score (nSPS) is 11.3. The minimum atomic E-state index is -3.75. The van der Waals surface area contributed by atoms with Crippen molar-refractivity contribution in [2.45, 2.75) is 11.8 Å². The first kappa shape index (κ1) is 14.8. The first-order valence-corrected chi connectivity index (χ1v) is 7.91. The highest BCUT2D eigenvalue weighted by molar-refractivity contribution is 9.10. The van der Waals surface area contributed by atoms with Crippen LogP contribution in [0.15, 0.2) is 45.8 Å². The van der Waals surface area contributed by atoms with E-state index >= 15 is 0 Å². The van der Waals surface area contributed by atoms with Crippen LogP contribution in [0, 0.1) is 12.7 Å². The second-order valence-corrected chi connectivity index (χ2v) is 6.76. The van der Waals surface area contributed by atoms with Gasteiger partial charge in [-0.25, -0.2) is 12.8 Å². The van der Waals surface area contributed by atoms with Crippen LogP contribution in [-0.2, 0) is 10.0 Å². The van der Waals surface area contributed by atoms with Crippen LogP contribution >= 0.6 is 15.9 Å². The summed E-state index contributed by atoms with van der Waals surface area (Å²) in [6, 6.07) is 8.25. The molecular weight excluding hydrogens is 347 g/mol. The molecule has 2 rings (SSSR count). The summed E-state index contributed by atoms with van der Waals surface area (Å²) in [6.07, 6.45) is 0. The Morgan fingerprint density at radius 1 is 1.20 bits per heavy atom. The lowest BCUT2D eigenvalue weighted by atomic mass is 10.2. The van der Waals surface area contributed by atoms with Crippen molar-refractivity contribution in [3.05, 3.63) is 52.3 Å². The van der Waals surface area contributed by atoms with Crippen LogP contribution in [0.4, 0.5) is 15.8 Å². The number of benzene rings is 2. The molecule has 0 saturated carbocycles. The van der Waals surface area contributed by atoms with Gasteiger partial charge in [-0.2, -0.15) is 0 Å². The molecule has 4 nitrogen and oxygen atoms in total. The summed E-state index contributed by atoms with van der Waals surface area (Å²) < 4.78 is 40.3. The minimum Gasteiger partial charge on any atom is -0.399 e. The smallest absolute Gasteiger partial charge is 0.262 e. The van der Waals surface area contributed by atoms with E-state index in [0.717, 1.165) is 0 Å². The highest BCUT2D eigenvalue weighted by Gasteiger charge is 2.18. The third kappa shape index (κ3) is 3.10. The summed E-state index contributed by atoms with van der Waals surface area (Å²) in [6.45, 7) is 1.66. The highest BCUT2D eigenvalue weighted by atomic mass is 79.9. The van der Waals surface area contributed by atoms with Gasteiger partial charge in [0, 0.05) is 10.2 Å². The molecule has 0 unspecified atom stereocenters. The second-order valence-electron chi connectivity index (χ2n) is 4.25. The summed E-state index contributed by atoms with van der Waals surface area (Å²) in [4.78, 5) is 0.128. The highest BCUT2D eigenvalue weighted by Crippen LogP contribution is 2.27. The molecule has 0 radical (unpaired) electrons. The molecule has 3 N–H and O–H groups in total. The lowest BCUT2D eigenvalue weighted by Crippen LogP contribution is -2.14. The number of nitrogen functional groups attached to an aromatic ring is 1. The molecule has 0 bridgehead atoms. The van der Waals surface area contributed by atoms with Gasteiger partial charge in [-0.3, -0.25) is 4.72 Å². The predicted molar refractivity (Wildman–Crippen MR) is 80.5 cm³/mol. The maximum absolute atomic E-state index is 13.0. The van der Waals surface area contributed by atoms with E-state index in [2.05, 4.69) is 20.7 Å². The quantitative estimate of drug-likeness (QED) is 0.827. The van der Waals surface area contributed by atoms with Gasteiger partial charge >= 0.3 is 0 Å². The molecule has 0 saturated heterocycles. The fraction of sp³-hybridized carbons (Fsp3) is 0.0769. The van der Waals surface area contributed by atoms with Crippen LogP contribution in [0.2, 0.25) is 0 Å². The average Bonchev–Trinajstić information content (AvgIpc) is 2.32. The number of aryl methyl sites for hydroxylation is 1. The van der Waals surface area contributed by atoms with Gasteiger partial charge in [-0.1, -0.05) is 0 Å². The molecular formula is C13H12BrFN2O2S. The van der Waals surface area contributed by atoms with Crippen molar-refractivity contribution in [2.24, 2.45) is 0 Å². The van der Waals surface area contributed by atoms with Crippen LogP contribution in [0.3, 0.4) is 0 Å². The number of halogens is 2. The van der Waals surface area contributed by atoms with Crippen LogP contribution in [0.1, 0.15) is 5.56 Å². The number of nitrogens with one attached hydrogen (secondary N) is 1. The summed E-state index contributed by atoms with van der Waals surface area (Å²) in [7, 11) is -3.75. The molecule has 0 amide bonds. The van der Waals surface area contributed by atoms with E-state index in [9.17, 15) is 12.8 Å². The maximum Gasteiger partial charge on any atom is 0.262 e. The summed E-state index contributed by atoms with van der Waals surface area (Å²) in [5.41, 5.74) is 6.89. The van der Waals surface area contributed by atoms with E-state index in [4.69, 9.17) is 5.73 Å². The molecule has 0 spiro atoms. The molecule has 0 aliphatic heterocycles. The molecule has 0 heterocycles. The SMILES string of the molecule is Cc1cc(N)ccc1S(=O)(=O)Nc1ccc(F)cc1Br. The molecule has 106 valence electrons. The Kier molecular flexibility index (Phi) is 4.01. The first-order valence-electron chi connectivity index (χ1n) is 5.63.